The van der Waals surface area contributed by atoms with Gasteiger partial charge in [-0.15, -0.1) is 0 Å². The van der Waals surface area contributed by atoms with Crippen LogP contribution < -0.4 is 9.47 Å². The van der Waals surface area contributed by atoms with Gasteiger partial charge in [0.1, 0.15) is 6.10 Å². The van der Waals surface area contributed by atoms with Crippen LogP contribution in [0.5, 0.6) is 11.5 Å². The van der Waals surface area contributed by atoms with Gasteiger partial charge in [-0.05, 0) is 24.5 Å². The van der Waals surface area contributed by atoms with E-state index in [4.69, 9.17) is 19.3 Å². The molecule has 1 heterocycles. The van der Waals surface area contributed by atoms with Crippen LogP contribution in [0.4, 0.5) is 0 Å². The quantitative estimate of drug-likeness (QED) is 0.857. The number of para-hydroxylation sites is 1. The number of hydrogen-bond donors (Lipinski definition) is 1. The second-order valence-electron chi connectivity index (χ2n) is 4.71. The summed E-state index contributed by atoms with van der Waals surface area (Å²) >= 11 is 0. The van der Waals surface area contributed by atoms with Gasteiger partial charge in [0.05, 0.1) is 20.3 Å². The molecule has 0 amide bonds. The number of aliphatic hydroxyl groups is 1. The molecule has 1 fully saturated rings. The molecule has 0 unspecified atom stereocenters. The van der Waals surface area contributed by atoms with Crippen molar-refractivity contribution >= 4 is 0 Å². The van der Waals surface area contributed by atoms with Gasteiger partial charge in [0, 0.05) is 19.4 Å². The first-order chi connectivity index (χ1) is 9.35. The van der Waals surface area contributed by atoms with E-state index in [-0.39, 0.29) is 12.7 Å². The summed E-state index contributed by atoms with van der Waals surface area (Å²) in [4.78, 5) is 0. The fourth-order valence-electron chi connectivity index (χ4n) is 2.28. The van der Waals surface area contributed by atoms with Crippen molar-refractivity contribution in [3.8, 4) is 11.5 Å². The Balaban J connectivity index is 2.14. The zero-order valence-corrected chi connectivity index (χ0v) is 11.4. The molecule has 2 rings (SSSR count). The lowest BCUT2D eigenvalue weighted by Crippen LogP contribution is -2.26. The molecule has 0 aliphatic carbocycles. The van der Waals surface area contributed by atoms with Crippen molar-refractivity contribution in [2.24, 2.45) is 0 Å². The first-order valence-electron chi connectivity index (χ1n) is 6.86. The molecular weight excluding hydrogens is 244 g/mol. The molecule has 1 aliphatic rings. The van der Waals surface area contributed by atoms with Crippen molar-refractivity contribution < 1.29 is 19.3 Å². The molecule has 0 atom stereocenters. The second kappa shape index (κ2) is 7.36. The minimum atomic E-state index is 0.188. The van der Waals surface area contributed by atoms with E-state index in [0.29, 0.717) is 0 Å². The fraction of sp³-hybridized carbons (Fsp3) is 0.600. The molecule has 0 spiro atoms. The predicted octanol–water partition coefficient (Wildman–Crippen LogP) is 2.18. The van der Waals surface area contributed by atoms with Crippen molar-refractivity contribution in [1.29, 1.82) is 0 Å². The Hall–Kier alpha value is -1.26. The van der Waals surface area contributed by atoms with Crippen LogP contribution >= 0.6 is 0 Å². The van der Waals surface area contributed by atoms with Crippen LogP contribution in [-0.4, -0.2) is 38.1 Å². The summed E-state index contributed by atoms with van der Waals surface area (Å²) < 4.78 is 16.9. The molecule has 0 radical (unpaired) electrons. The molecule has 4 nitrogen and oxygen atoms in total. The maximum absolute atomic E-state index is 8.98. The molecular formula is C15H22O4. The monoisotopic (exact) mass is 266 g/mol. The number of aryl methyl sites for hydroxylation is 1. The Morgan fingerprint density at radius 1 is 1.32 bits per heavy atom. The van der Waals surface area contributed by atoms with Crippen LogP contribution in [0.25, 0.3) is 0 Å². The van der Waals surface area contributed by atoms with E-state index >= 15 is 0 Å². The van der Waals surface area contributed by atoms with Gasteiger partial charge in [-0.3, -0.25) is 0 Å². The highest BCUT2D eigenvalue weighted by Gasteiger charge is 2.19. The molecule has 0 aromatic heterocycles. The lowest BCUT2D eigenvalue weighted by molar-refractivity contribution is 0.0241. The van der Waals surface area contributed by atoms with Crippen molar-refractivity contribution in [1.82, 2.24) is 0 Å². The fourth-order valence-corrected chi connectivity index (χ4v) is 2.28. The number of rotatable bonds is 6. The van der Waals surface area contributed by atoms with Crippen LogP contribution in [0.3, 0.4) is 0 Å². The van der Waals surface area contributed by atoms with E-state index in [1.807, 2.05) is 18.2 Å². The summed E-state index contributed by atoms with van der Waals surface area (Å²) in [6, 6.07) is 5.91. The number of hydrogen-bond acceptors (Lipinski definition) is 4. The van der Waals surface area contributed by atoms with Gasteiger partial charge in [-0.25, -0.2) is 0 Å². The van der Waals surface area contributed by atoms with Gasteiger partial charge < -0.3 is 19.3 Å². The van der Waals surface area contributed by atoms with Gasteiger partial charge in [0.15, 0.2) is 11.5 Å². The van der Waals surface area contributed by atoms with Crippen molar-refractivity contribution in [2.45, 2.75) is 31.8 Å². The van der Waals surface area contributed by atoms with E-state index in [0.717, 1.165) is 56.0 Å². The minimum Gasteiger partial charge on any atom is -0.493 e. The minimum absolute atomic E-state index is 0.188. The van der Waals surface area contributed by atoms with Crippen molar-refractivity contribution in [3.05, 3.63) is 23.8 Å². The Morgan fingerprint density at radius 3 is 2.79 bits per heavy atom. The van der Waals surface area contributed by atoms with Crippen LogP contribution in [0.2, 0.25) is 0 Å². The third kappa shape index (κ3) is 3.85. The van der Waals surface area contributed by atoms with Crippen molar-refractivity contribution in [2.75, 3.05) is 26.9 Å². The highest BCUT2D eigenvalue weighted by atomic mass is 16.5. The normalized spacial score (nSPS) is 16.3. The first kappa shape index (κ1) is 14.2. The molecule has 1 saturated heterocycles. The van der Waals surface area contributed by atoms with E-state index < -0.39 is 0 Å². The molecule has 0 saturated carbocycles. The summed E-state index contributed by atoms with van der Waals surface area (Å²) in [5.74, 6) is 1.59. The number of benzene rings is 1. The molecule has 1 aromatic rings. The molecule has 1 aliphatic heterocycles. The Morgan fingerprint density at radius 2 is 2.11 bits per heavy atom. The van der Waals surface area contributed by atoms with Crippen LogP contribution in [-0.2, 0) is 11.2 Å². The van der Waals surface area contributed by atoms with Gasteiger partial charge >= 0.3 is 0 Å². The van der Waals surface area contributed by atoms with Crippen LogP contribution in [0.1, 0.15) is 24.8 Å². The number of aliphatic hydroxyl groups excluding tert-OH is 1. The third-order valence-electron chi connectivity index (χ3n) is 3.34. The zero-order chi connectivity index (χ0) is 13.5. The Bertz CT molecular complexity index is 386. The smallest absolute Gasteiger partial charge is 0.164 e. The maximum atomic E-state index is 8.98. The summed E-state index contributed by atoms with van der Waals surface area (Å²) in [5, 5.41) is 8.98. The topological polar surface area (TPSA) is 47.9 Å². The molecule has 4 heteroatoms. The lowest BCUT2D eigenvalue weighted by atomic mass is 10.1. The van der Waals surface area contributed by atoms with Crippen LogP contribution in [0, 0.1) is 0 Å². The maximum Gasteiger partial charge on any atom is 0.164 e. The molecule has 106 valence electrons. The molecule has 1 N–H and O–H groups in total. The predicted molar refractivity (Wildman–Crippen MR) is 72.9 cm³/mol. The largest absolute Gasteiger partial charge is 0.493 e. The van der Waals surface area contributed by atoms with Gasteiger partial charge in [0.25, 0.3) is 0 Å². The van der Waals surface area contributed by atoms with E-state index in [1.54, 1.807) is 7.11 Å². The number of methoxy groups -OCH3 is 1. The SMILES string of the molecule is COc1cccc(CCCO)c1OC1CCOCC1. The highest BCUT2D eigenvalue weighted by molar-refractivity contribution is 5.46. The average molecular weight is 266 g/mol. The number of ether oxygens (including phenoxy) is 3. The lowest BCUT2D eigenvalue weighted by Gasteiger charge is -2.25. The first-order valence-corrected chi connectivity index (χ1v) is 6.86. The zero-order valence-electron chi connectivity index (χ0n) is 11.4. The van der Waals surface area contributed by atoms with E-state index in [9.17, 15) is 0 Å². The standard InChI is InChI=1S/C15H22O4/c1-17-14-6-2-4-12(5-3-9-16)15(14)19-13-7-10-18-11-8-13/h2,4,6,13,16H,3,5,7-11H2,1H3. The summed E-state index contributed by atoms with van der Waals surface area (Å²) in [7, 11) is 1.65. The van der Waals surface area contributed by atoms with E-state index in [1.165, 1.54) is 0 Å². The summed E-state index contributed by atoms with van der Waals surface area (Å²) in [6.07, 6.45) is 3.55. The van der Waals surface area contributed by atoms with Gasteiger partial charge in [0.2, 0.25) is 0 Å². The summed E-state index contributed by atoms with van der Waals surface area (Å²) in [5.41, 5.74) is 1.10. The van der Waals surface area contributed by atoms with Crippen molar-refractivity contribution in [3.63, 3.8) is 0 Å². The van der Waals surface area contributed by atoms with Gasteiger partial charge in [-0.1, -0.05) is 12.1 Å². The Labute approximate surface area is 114 Å². The highest BCUT2D eigenvalue weighted by Crippen LogP contribution is 2.33. The molecule has 1 aromatic carbocycles. The second-order valence-corrected chi connectivity index (χ2v) is 4.71. The average Bonchev–Trinajstić information content (AvgIpc) is 2.47. The van der Waals surface area contributed by atoms with Crippen LogP contribution in [0.15, 0.2) is 18.2 Å². The Kier molecular flexibility index (Phi) is 5.48. The molecule has 0 bridgehead atoms. The van der Waals surface area contributed by atoms with E-state index in [2.05, 4.69) is 0 Å². The van der Waals surface area contributed by atoms with Gasteiger partial charge in [-0.2, -0.15) is 0 Å². The third-order valence-corrected chi connectivity index (χ3v) is 3.34. The summed E-state index contributed by atoms with van der Waals surface area (Å²) in [6.45, 7) is 1.70. The molecule has 19 heavy (non-hydrogen) atoms.